The van der Waals surface area contributed by atoms with Gasteiger partial charge in [-0.05, 0) is 77.5 Å². The van der Waals surface area contributed by atoms with Crippen LogP contribution in [0.1, 0.15) is 18.1 Å². The SMILES string of the molecule is C/C(=N/NC(=O)CN(c1cc(C(F)(F)F)ccc1Cl)S(=O)(=O)c1ccccc1)c1cccc(I)c1. The number of hydrogen-bond acceptors (Lipinski definition) is 4. The molecule has 0 unspecified atom stereocenters. The molecule has 0 radical (unpaired) electrons. The highest BCUT2D eigenvalue weighted by Crippen LogP contribution is 2.37. The Labute approximate surface area is 219 Å². The molecular formula is C23H18ClF3IN3O3S. The Morgan fingerprint density at radius 1 is 1.06 bits per heavy atom. The first-order valence-corrected chi connectivity index (χ1v) is 12.8. The molecule has 35 heavy (non-hydrogen) atoms. The molecule has 0 heterocycles. The van der Waals surface area contributed by atoms with Crippen molar-refractivity contribution >= 4 is 61.5 Å². The molecule has 0 aliphatic rings. The number of carbonyl (C=O) groups is 1. The molecule has 1 amide bonds. The van der Waals surface area contributed by atoms with Gasteiger partial charge in [0.05, 0.1) is 26.9 Å². The summed E-state index contributed by atoms with van der Waals surface area (Å²) in [7, 11) is -4.46. The Hall–Kier alpha value is -2.64. The van der Waals surface area contributed by atoms with Crippen LogP contribution in [0.5, 0.6) is 0 Å². The van der Waals surface area contributed by atoms with Crippen LogP contribution in [0.4, 0.5) is 18.9 Å². The lowest BCUT2D eigenvalue weighted by Crippen LogP contribution is -2.40. The molecule has 1 N–H and O–H groups in total. The molecule has 184 valence electrons. The van der Waals surface area contributed by atoms with Gasteiger partial charge < -0.3 is 0 Å². The molecule has 0 aliphatic heterocycles. The second kappa shape index (κ2) is 11.0. The Morgan fingerprint density at radius 2 is 1.74 bits per heavy atom. The number of amides is 1. The maximum atomic E-state index is 13.3. The van der Waals surface area contributed by atoms with Crippen LogP contribution in [0, 0.1) is 3.57 Å². The summed E-state index contributed by atoms with van der Waals surface area (Å²) >= 11 is 8.23. The van der Waals surface area contributed by atoms with Gasteiger partial charge in [0, 0.05) is 3.57 Å². The summed E-state index contributed by atoms with van der Waals surface area (Å²) in [4.78, 5) is 12.5. The molecule has 3 aromatic rings. The molecule has 0 saturated carbocycles. The minimum Gasteiger partial charge on any atom is -0.271 e. The van der Waals surface area contributed by atoms with E-state index in [4.69, 9.17) is 11.6 Å². The van der Waals surface area contributed by atoms with Crippen molar-refractivity contribution in [3.63, 3.8) is 0 Å². The summed E-state index contributed by atoms with van der Waals surface area (Å²) in [6, 6.07) is 16.6. The van der Waals surface area contributed by atoms with Crippen molar-refractivity contribution in [1.29, 1.82) is 0 Å². The molecule has 6 nitrogen and oxygen atoms in total. The second-order valence-corrected chi connectivity index (χ2v) is 10.7. The van der Waals surface area contributed by atoms with Crippen molar-refractivity contribution in [1.82, 2.24) is 5.43 Å². The lowest BCUT2D eigenvalue weighted by atomic mass is 10.1. The van der Waals surface area contributed by atoms with E-state index in [0.29, 0.717) is 16.1 Å². The van der Waals surface area contributed by atoms with Crippen molar-refractivity contribution in [2.75, 3.05) is 10.8 Å². The van der Waals surface area contributed by atoms with Crippen LogP contribution < -0.4 is 9.73 Å². The lowest BCUT2D eigenvalue weighted by Gasteiger charge is -2.25. The van der Waals surface area contributed by atoms with Gasteiger partial charge in [0.25, 0.3) is 15.9 Å². The molecule has 0 bridgehead atoms. The zero-order chi connectivity index (χ0) is 25.8. The summed E-state index contributed by atoms with van der Waals surface area (Å²) in [5, 5.41) is 3.72. The van der Waals surface area contributed by atoms with Gasteiger partial charge in [-0.15, -0.1) is 0 Å². The quantitative estimate of drug-likeness (QED) is 0.206. The summed E-state index contributed by atoms with van der Waals surface area (Å²) in [6.45, 7) is 0.787. The Balaban J connectivity index is 1.99. The molecule has 0 aliphatic carbocycles. The highest BCUT2D eigenvalue weighted by atomic mass is 127. The van der Waals surface area contributed by atoms with Crippen LogP contribution in [-0.2, 0) is 21.0 Å². The van der Waals surface area contributed by atoms with E-state index in [-0.39, 0.29) is 9.92 Å². The monoisotopic (exact) mass is 635 g/mol. The molecule has 0 spiro atoms. The number of anilines is 1. The minimum atomic E-state index is -4.75. The highest BCUT2D eigenvalue weighted by Gasteiger charge is 2.34. The summed E-state index contributed by atoms with van der Waals surface area (Å²) in [5.41, 5.74) is 1.84. The van der Waals surface area contributed by atoms with Gasteiger partial charge in [0.15, 0.2) is 0 Å². The highest BCUT2D eigenvalue weighted by molar-refractivity contribution is 14.1. The van der Waals surface area contributed by atoms with E-state index in [1.54, 1.807) is 19.1 Å². The summed E-state index contributed by atoms with van der Waals surface area (Å²) in [5.74, 6) is -0.872. The van der Waals surface area contributed by atoms with Gasteiger partial charge in [-0.3, -0.25) is 9.10 Å². The average Bonchev–Trinajstić information content (AvgIpc) is 2.81. The molecule has 3 aromatic carbocycles. The zero-order valence-corrected chi connectivity index (χ0v) is 21.8. The third-order valence-corrected chi connectivity index (χ3v) is 7.52. The summed E-state index contributed by atoms with van der Waals surface area (Å²) in [6.07, 6.45) is -4.75. The maximum Gasteiger partial charge on any atom is 0.416 e. The average molecular weight is 636 g/mol. The van der Waals surface area contributed by atoms with E-state index in [1.165, 1.54) is 24.3 Å². The number of nitrogens with zero attached hydrogens (tertiary/aromatic N) is 2. The van der Waals surface area contributed by atoms with E-state index >= 15 is 0 Å². The number of benzene rings is 3. The number of rotatable bonds is 7. The largest absolute Gasteiger partial charge is 0.416 e. The third kappa shape index (κ3) is 6.73. The smallest absolute Gasteiger partial charge is 0.271 e. The first-order chi connectivity index (χ1) is 16.4. The van der Waals surface area contributed by atoms with E-state index < -0.39 is 39.9 Å². The van der Waals surface area contributed by atoms with Crippen molar-refractivity contribution < 1.29 is 26.4 Å². The number of alkyl halides is 3. The van der Waals surface area contributed by atoms with Gasteiger partial charge in [0.1, 0.15) is 6.54 Å². The van der Waals surface area contributed by atoms with Crippen LogP contribution in [0.3, 0.4) is 0 Å². The van der Waals surface area contributed by atoms with Gasteiger partial charge in [-0.1, -0.05) is 41.9 Å². The summed E-state index contributed by atoms with van der Waals surface area (Å²) < 4.78 is 68.2. The number of hydrazone groups is 1. The van der Waals surface area contributed by atoms with Crippen LogP contribution in [-0.4, -0.2) is 26.6 Å². The van der Waals surface area contributed by atoms with Crippen LogP contribution in [0.15, 0.2) is 82.8 Å². The van der Waals surface area contributed by atoms with Crippen molar-refractivity contribution in [3.8, 4) is 0 Å². The number of halogens is 5. The molecule has 0 aromatic heterocycles. The zero-order valence-electron chi connectivity index (χ0n) is 18.1. The van der Waals surface area contributed by atoms with Gasteiger partial charge in [0.2, 0.25) is 0 Å². The normalized spacial score (nSPS) is 12.3. The van der Waals surface area contributed by atoms with Crippen molar-refractivity contribution in [2.24, 2.45) is 5.10 Å². The molecule has 0 atom stereocenters. The molecular weight excluding hydrogens is 618 g/mol. The lowest BCUT2D eigenvalue weighted by molar-refractivity contribution is -0.137. The van der Waals surface area contributed by atoms with Gasteiger partial charge >= 0.3 is 6.18 Å². The van der Waals surface area contributed by atoms with Crippen molar-refractivity contribution in [2.45, 2.75) is 18.0 Å². The fourth-order valence-electron chi connectivity index (χ4n) is 2.99. The van der Waals surface area contributed by atoms with Crippen molar-refractivity contribution in [3.05, 3.63) is 92.5 Å². The molecule has 12 heteroatoms. The molecule has 0 fully saturated rings. The first kappa shape index (κ1) is 27.0. The third-order valence-electron chi connectivity index (χ3n) is 4.75. The van der Waals surface area contributed by atoms with E-state index in [9.17, 15) is 26.4 Å². The predicted molar refractivity (Wildman–Crippen MR) is 137 cm³/mol. The Kier molecular flexibility index (Phi) is 8.44. The fraction of sp³-hybridized carbons (Fsp3) is 0.130. The van der Waals surface area contributed by atoms with Crippen LogP contribution >= 0.6 is 34.2 Å². The number of carbonyl (C=O) groups excluding carboxylic acids is 1. The van der Waals surface area contributed by atoms with Crippen LogP contribution in [0.25, 0.3) is 0 Å². The Morgan fingerprint density at radius 3 is 2.37 bits per heavy atom. The predicted octanol–water partition coefficient (Wildman–Crippen LogP) is 5.70. The van der Waals surface area contributed by atoms with Crippen LogP contribution in [0.2, 0.25) is 5.02 Å². The maximum absolute atomic E-state index is 13.3. The molecule has 3 rings (SSSR count). The fourth-order valence-corrected chi connectivity index (χ4v) is 5.26. The first-order valence-electron chi connectivity index (χ1n) is 9.93. The van der Waals surface area contributed by atoms with E-state index in [2.05, 4.69) is 33.1 Å². The van der Waals surface area contributed by atoms with Gasteiger partial charge in [-0.25, -0.2) is 13.8 Å². The topological polar surface area (TPSA) is 78.8 Å². The molecule has 0 saturated heterocycles. The second-order valence-electron chi connectivity index (χ2n) is 7.23. The number of hydrogen-bond donors (Lipinski definition) is 1. The van der Waals surface area contributed by atoms with E-state index in [1.807, 2.05) is 18.2 Å². The minimum absolute atomic E-state index is 0.222. The number of sulfonamides is 1. The van der Waals surface area contributed by atoms with Gasteiger partial charge in [-0.2, -0.15) is 18.3 Å². The standard InChI is InChI=1S/C23H18ClF3IN3O3S/c1-15(16-6-5-7-18(28)12-16)29-30-22(32)14-31(35(33,34)19-8-3-2-4-9-19)21-13-17(23(25,26)27)10-11-20(21)24/h2-13H,14H2,1H3,(H,30,32)/b29-15-. The Bertz CT molecular complexity index is 1370. The van der Waals surface area contributed by atoms with E-state index in [0.717, 1.165) is 21.3 Å². The number of nitrogens with one attached hydrogen (secondary N) is 1.